The number of piperazine rings is 1. The Bertz CT molecular complexity index is 285. The molecule has 1 unspecified atom stereocenters. The van der Waals surface area contributed by atoms with E-state index in [1.165, 1.54) is 25.7 Å². The monoisotopic (exact) mass is 267 g/mol. The first-order valence-corrected chi connectivity index (χ1v) is 7.85. The van der Waals surface area contributed by atoms with Gasteiger partial charge in [0, 0.05) is 52.2 Å². The number of nitrogens with zero attached hydrogens (tertiary/aromatic N) is 2. The summed E-state index contributed by atoms with van der Waals surface area (Å²) < 4.78 is 0. The van der Waals surface area contributed by atoms with Gasteiger partial charge in [-0.15, -0.1) is 0 Å². The Hall–Kier alpha value is -0.610. The Labute approximate surface area is 117 Å². The number of hydrogen-bond donors (Lipinski definition) is 1. The zero-order chi connectivity index (χ0) is 13.7. The molecule has 1 aliphatic heterocycles. The smallest absolute Gasteiger partial charge is 0.226 e. The van der Waals surface area contributed by atoms with Crippen LogP contribution in [0.4, 0.5) is 0 Å². The Balaban J connectivity index is 1.67. The quantitative estimate of drug-likeness (QED) is 0.785. The fourth-order valence-electron chi connectivity index (χ4n) is 3.00. The highest BCUT2D eigenvalue weighted by molar-refractivity contribution is 5.78. The lowest BCUT2D eigenvalue weighted by molar-refractivity contribution is -0.134. The number of hydrogen-bond acceptors (Lipinski definition) is 3. The molecule has 110 valence electrons. The van der Waals surface area contributed by atoms with E-state index in [9.17, 15) is 4.79 Å². The molecule has 1 aliphatic carbocycles. The lowest BCUT2D eigenvalue weighted by Crippen LogP contribution is -2.47. The largest absolute Gasteiger partial charge is 0.345 e. The van der Waals surface area contributed by atoms with E-state index in [4.69, 9.17) is 0 Å². The summed E-state index contributed by atoms with van der Waals surface area (Å²) in [6.45, 7) is 8.18. The molecule has 1 amide bonds. The Morgan fingerprint density at radius 1 is 1.37 bits per heavy atom. The minimum atomic E-state index is 0.129. The second kappa shape index (κ2) is 7.25. The third-order valence-electron chi connectivity index (χ3n) is 4.64. The van der Waals surface area contributed by atoms with E-state index < -0.39 is 0 Å². The van der Waals surface area contributed by atoms with Crippen molar-refractivity contribution in [2.45, 2.75) is 32.6 Å². The third kappa shape index (κ3) is 4.46. The van der Waals surface area contributed by atoms with Crippen LogP contribution in [0.2, 0.25) is 0 Å². The molecule has 2 fully saturated rings. The molecule has 19 heavy (non-hydrogen) atoms. The standard InChI is InChI=1S/C15H29N3O/c1-13(12-18-10-7-16-8-11-18)15(19)17(2)9-6-14-4-3-5-14/h13-14,16H,3-12H2,1-2H3. The van der Waals surface area contributed by atoms with Gasteiger partial charge in [0.05, 0.1) is 0 Å². The molecule has 1 N–H and O–H groups in total. The molecule has 0 aromatic rings. The summed E-state index contributed by atoms with van der Waals surface area (Å²) in [7, 11) is 1.97. The average molecular weight is 267 g/mol. The van der Waals surface area contributed by atoms with E-state index >= 15 is 0 Å². The van der Waals surface area contributed by atoms with Crippen molar-refractivity contribution in [2.24, 2.45) is 11.8 Å². The van der Waals surface area contributed by atoms with Crippen molar-refractivity contribution in [1.82, 2.24) is 15.1 Å². The van der Waals surface area contributed by atoms with Crippen molar-refractivity contribution in [3.63, 3.8) is 0 Å². The van der Waals surface area contributed by atoms with E-state index in [-0.39, 0.29) is 5.92 Å². The first-order chi connectivity index (χ1) is 9.16. The lowest BCUT2D eigenvalue weighted by atomic mass is 9.83. The molecule has 0 radical (unpaired) electrons. The SMILES string of the molecule is CC(CN1CCNCC1)C(=O)N(C)CCC1CCC1. The Morgan fingerprint density at radius 3 is 2.63 bits per heavy atom. The summed E-state index contributed by atoms with van der Waals surface area (Å²) in [5, 5.41) is 3.35. The highest BCUT2D eigenvalue weighted by Crippen LogP contribution is 2.29. The molecule has 0 aromatic carbocycles. The molecule has 0 spiro atoms. The molecule has 1 heterocycles. The molecule has 4 nitrogen and oxygen atoms in total. The predicted octanol–water partition coefficient (Wildman–Crippen LogP) is 1.18. The van der Waals surface area contributed by atoms with Gasteiger partial charge in [-0.3, -0.25) is 4.79 Å². The van der Waals surface area contributed by atoms with E-state index in [0.29, 0.717) is 5.91 Å². The first-order valence-electron chi connectivity index (χ1n) is 7.85. The van der Waals surface area contributed by atoms with Crippen LogP contribution in [-0.4, -0.2) is 62.0 Å². The van der Waals surface area contributed by atoms with Crippen LogP contribution in [0, 0.1) is 11.8 Å². The van der Waals surface area contributed by atoms with Crippen molar-refractivity contribution in [1.29, 1.82) is 0 Å². The van der Waals surface area contributed by atoms with Gasteiger partial charge in [0.1, 0.15) is 0 Å². The summed E-state index contributed by atoms with van der Waals surface area (Å²) in [5.41, 5.74) is 0. The number of carbonyl (C=O) groups is 1. The van der Waals surface area contributed by atoms with Crippen molar-refractivity contribution in [3.8, 4) is 0 Å². The van der Waals surface area contributed by atoms with Crippen LogP contribution in [0.5, 0.6) is 0 Å². The van der Waals surface area contributed by atoms with E-state index in [1.54, 1.807) is 0 Å². The highest BCUT2D eigenvalue weighted by Gasteiger charge is 2.23. The normalized spacial score (nSPS) is 22.8. The molecule has 1 atom stereocenters. The minimum Gasteiger partial charge on any atom is -0.345 e. The van der Waals surface area contributed by atoms with Gasteiger partial charge in [-0.1, -0.05) is 26.2 Å². The molecular weight excluding hydrogens is 238 g/mol. The number of carbonyl (C=O) groups excluding carboxylic acids is 1. The van der Waals surface area contributed by atoms with Crippen molar-refractivity contribution in [3.05, 3.63) is 0 Å². The second-order valence-electron chi connectivity index (χ2n) is 6.30. The maximum Gasteiger partial charge on any atom is 0.226 e. The molecule has 0 aromatic heterocycles. The van der Waals surface area contributed by atoms with Gasteiger partial charge in [0.15, 0.2) is 0 Å². The maximum atomic E-state index is 12.3. The molecule has 1 saturated heterocycles. The van der Waals surface area contributed by atoms with Crippen LogP contribution in [0.25, 0.3) is 0 Å². The van der Waals surface area contributed by atoms with Gasteiger partial charge in [-0.25, -0.2) is 0 Å². The van der Waals surface area contributed by atoms with Crippen LogP contribution in [0.15, 0.2) is 0 Å². The lowest BCUT2D eigenvalue weighted by Gasteiger charge is -2.32. The summed E-state index contributed by atoms with van der Waals surface area (Å²) in [4.78, 5) is 16.7. The van der Waals surface area contributed by atoms with Crippen LogP contribution >= 0.6 is 0 Å². The van der Waals surface area contributed by atoms with Gasteiger partial charge >= 0.3 is 0 Å². The zero-order valence-corrected chi connectivity index (χ0v) is 12.5. The number of rotatable bonds is 6. The Kier molecular flexibility index (Phi) is 5.64. The first kappa shape index (κ1) is 14.8. The average Bonchev–Trinajstić information content (AvgIpc) is 2.37. The van der Waals surface area contributed by atoms with E-state index in [2.05, 4.69) is 17.1 Å². The van der Waals surface area contributed by atoms with Gasteiger partial charge in [-0.05, 0) is 12.3 Å². The van der Waals surface area contributed by atoms with Crippen LogP contribution < -0.4 is 5.32 Å². The zero-order valence-electron chi connectivity index (χ0n) is 12.5. The number of amides is 1. The maximum absolute atomic E-state index is 12.3. The van der Waals surface area contributed by atoms with Gasteiger partial charge in [-0.2, -0.15) is 0 Å². The van der Waals surface area contributed by atoms with Crippen molar-refractivity contribution < 1.29 is 4.79 Å². The minimum absolute atomic E-state index is 0.129. The van der Waals surface area contributed by atoms with E-state index in [0.717, 1.165) is 45.2 Å². The van der Waals surface area contributed by atoms with Crippen molar-refractivity contribution >= 4 is 5.91 Å². The summed E-state index contributed by atoms with van der Waals surface area (Å²) in [6.07, 6.45) is 5.33. The van der Waals surface area contributed by atoms with Gasteiger partial charge < -0.3 is 15.1 Å². The summed E-state index contributed by atoms with van der Waals surface area (Å²) in [5.74, 6) is 1.33. The second-order valence-corrected chi connectivity index (χ2v) is 6.30. The van der Waals surface area contributed by atoms with Crippen LogP contribution in [-0.2, 0) is 4.79 Å². The van der Waals surface area contributed by atoms with Gasteiger partial charge in [0.2, 0.25) is 5.91 Å². The van der Waals surface area contributed by atoms with Crippen molar-refractivity contribution in [2.75, 3.05) is 46.3 Å². The molecule has 2 aliphatic rings. The molecule has 0 bridgehead atoms. The fraction of sp³-hybridized carbons (Fsp3) is 0.933. The van der Waals surface area contributed by atoms with Crippen LogP contribution in [0.3, 0.4) is 0 Å². The topological polar surface area (TPSA) is 35.6 Å². The molecule has 2 rings (SSSR count). The van der Waals surface area contributed by atoms with Crippen LogP contribution in [0.1, 0.15) is 32.6 Å². The third-order valence-corrected chi connectivity index (χ3v) is 4.64. The Morgan fingerprint density at radius 2 is 2.05 bits per heavy atom. The predicted molar refractivity (Wildman–Crippen MR) is 78.1 cm³/mol. The fourth-order valence-corrected chi connectivity index (χ4v) is 3.00. The van der Waals surface area contributed by atoms with Gasteiger partial charge in [0.25, 0.3) is 0 Å². The molecule has 1 saturated carbocycles. The molecular formula is C15H29N3O. The number of nitrogens with one attached hydrogen (secondary N) is 1. The molecule has 4 heteroatoms. The highest BCUT2D eigenvalue weighted by atomic mass is 16.2. The summed E-state index contributed by atoms with van der Waals surface area (Å²) in [6, 6.07) is 0. The van der Waals surface area contributed by atoms with E-state index in [1.807, 2.05) is 11.9 Å². The summed E-state index contributed by atoms with van der Waals surface area (Å²) >= 11 is 0.